The number of carbonyl (C=O) groups excluding carboxylic acids is 1. The SMILES string of the molecule is CCOC(=O)NC(CNC(=NC)NCCc1ncc(CC)s1)C1CC1. The molecule has 1 fully saturated rings. The van der Waals surface area contributed by atoms with Crippen molar-refractivity contribution in [2.24, 2.45) is 10.9 Å². The molecule has 1 aliphatic rings. The van der Waals surface area contributed by atoms with Gasteiger partial charge in [-0.3, -0.25) is 4.99 Å². The first-order valence-corrected chi connectivity index (χ1v) is 9.79. The number of hydrogen-bond acceptors (Lipinski definition) is 5. The molecular formula is C17H29N5O2S. The largest absolute Gasteiger partial charge is 0.450 e. The number of aromatic nitrogens is 1. The van der Waals surface area contributed by atoms with Gasteiger partial charge in [0.05, 0.1) is 17.7 Å². The Morgan fingerprint density at radius 2 is 2.24 bits per heavy atom. The lowest BCUT2D eigenvalue weighted by atomic mass is 10.2. The van der Waals surface area contributed by atoms with E-state index in [0.29, 0.717) is 19.1 Å². The van der Waals surface area contributed by atoms with Crippen LogP contribution in [0.15, 0.2) is 11.2 Å². The minimum absolute atomic E-state index is 0.0728. The molecule has 1 aromatic heterocycles. The van der Waals surface area contributed by atoms with Gasteiger partial charge in [0.25, 0.3) is 0 Å². The van der Waals surface area contributed by atoms with Crippen LogP contribution in [0, 0.1) is 5.92 Å². The third-order valence-electron chi connectivity index (χ3n) is 4.06. The number of thiazole rings is 1. The number of hydrogen-bond donors (Lipinski definition) is 3. The Hall–Kier alpha value is -1.83. The molecule has 1 unspecified atom stereocenters. The van der Waals surface area contributed by atoms with E-state index in [1.54, 1.807) is 18.4 Å². The van der Waals surface area contributed by atoms with E-state index in [1.807, 2.05) is 13.1 Å². The number of guanidine groups is 1. The van der Waals surface area contributed by atoms with Gasteiger partial charge in [0.2, 0.25) is 0 Å². The highest BCUT2D eigenvalue weighted by molar-refractivity contribution is 7.11. The smallest absolute Gasteiger partial charge is 0.407 e. The van der Waals surface area contributed by atoms with Crippen molar-refractivity contribution in [2.75, 3.05) is 26.7 Å². The molecule has 1 saturated carbocycles. The van der Waals surface area contributed by atoms with Gasteiger partial charge in [-0.05, 0) is 32.1 Å². The molecule has 25 heavy (non-hydrogen) atoms. The zero-order chi connectivity index (χ0) is 18.1. The average molecular weight is 368 g/mol. The quantitative estimate of drug-likeness (QED) is 0.459. The van der Waals surface area contributed by atoms with Gasteiger partial charge >= 0.3 is 6.09 Å². The molecule has 0 aromatic carbocycles. The summed E-state index contributed by atoms with van der Waals surface area (Å²) in [6, 6.07) is 0.0728. The molecule has 1 aliphatic carbocycles. The fraction of sp³-hybridized carbons (Fsp3) is 0.706. The summed E-state index contributed by atoms with van der Waals surface area (Å²) >= 11 is 1.76. The minimum atomic E-state index is -0.348. The number of alkyl carbamates (subject to hydrolysis) is 1. The average Bonchev–Trinajstić information content (AvgIpc) is 3.35. The molecule has 1 atom stereocenters. The van der Waals surface area contributed by atoms with Crippen molar-refractivity contribution in [2.45, 2.75) is 45.6 Å². The molecular weight excluding hydrogens is 338 g/mol. The van der Waals surface area contributed by atoms with Crippen LogP contribution in [0.25, 0.3) is 0 Å². The molecule has 1 heterocycles. The number of rotatable bonds is 9. The van der Waals surface area contributed by atoms with Crippen LogP contribution in [0.2, 0.25) is 0 Å². The molecule has 140 valence electrons. The van der Waals surface area contributed by atoms with Gasteiger partial charge in [0, 0.05) is 37.6 Å². The maximum atomic E-state index is 11.6. The van der Waals surface area contributed by atoms with Crippen molar-refractivity contribution < 1.29 is 9.53 Å². The topological polar surface area (TPSA) is 87.6 Å². The van der Waals surface area contributed by atoms with Crippen molar-refractivity contribution in [3.8, 4) is 0 Å². The number of ether oxygens (including phenoxy) is 1. The van der Waals surface area contributed by atoms with Crippen molar-refractivity contribution >= 4 is 23.4 Å². The van der Waals surface area contributed by atoms with Crippen LogP contribution in [0.1, 0.15) is 36.6 Å². The number of amides is 1. The fourth-order valence-corrected chi connectivity index (χ4v) is 3.36. The lowest BCUT2D eigenvalue weighted by molar-refractivity contribution is 0.146. The Balaban J connectivity index is 1.71. The summed E-state index contributed by atoms with van der Waals surface area (Å²) in [6.45, 7) is 5.75. The lowest BCUT2D eigenvalue weighted by Crippen LogP contribution is -2.48. The van der Waals surface area contributed by atoms with Crippen LogP contribution in [0.4, 0.5) is 4.79 Å². The van der Waals surface area contributed by atoms with Gasteiger partial charge < -0.3 is 20.7 Å². The highest BCUT2D eigenvalue weighted by atomic mass is 32.1. The van der Waals surface area contributed by atoms with Gasteiger partial charge in [-0.1, -0.05) is 6.92 Å². The van der Waals surface area contributed by atoms with Gasteiger partial charge in [-0.25, -0.2) is 9.78 Å². The molecule has 1 amide bonds. The first-order valence-electron chi connectivity index (χ1n) is 8.97. The molecule has 2 rings (SSSR count). The molecule has 0 spiro atoms. The highest BCUT2D eigenvalue weighted by Crippen LogP contribution is 2.32. The number of nitrogens with zero attached hydrogens (tertiary/aromatic N) is 2. The third kappa shape index (κ3) is 6.89. The summed E-state index contributed by atoms with van der Waals surface area (Å²) < 4.78 is 4.98. The Morgan fingerprint density at radius 1 is 1.44 bits per heavy atom. The number of carbonyl (C=O) groups is 1. The Labute approximate surface area is 153 Å². The zero-order valence-electron chi connectivity index (χ0n) is 15.3. The van der Waals surface area contributed by atoms with E-state index in [-0.39, 0.29) is 12.1 Å². The predicted molar refractivity (Wildman–Crippen MR) is 101 cm³/mol. The monoisotopic (exact) mass is 367 g/mol. The molecule has 0 radical (unpaired) electrons. The summed E-state index contributed by atoms with van der Waals surface area (Å²) in [5.74, 6) is 1.27. The van der Waals surface area contributed by atoms with Gasteiger partial charge in [0.1, 0.15) is 0 Å². The van der Waals surface area contributed by atoms with E-state index in [0.717, 1.165) is 43.2 Å². The van der Waals surface area contributed by atoms with Crippen LogP contribution in [-0.2, 0) is 17.6 Å². The van der Waals surface area contributed by atoms with Gasteiger partial charge in [-0.2, -0.15) is 0 Å². The van der Waals surface area contributed by atoms with Crippen LogP contribution >= 0.6 is 11.3 Å². The second-order valence-electron chi connectivity index (χ2n) is 6.01. The van der Waals surface area contributed by atoms with Crippen molar-refractivity contribution in [3.63, 3.8) is 0 Å². The van der Waals surface area contributed by atoms with Crippen LogP contribution < -0.4 is 16.0 Å². The minimum Gasteiger partial charge on any atom is -0.450 e. The molecule has 0 aliphatic heterocycles. The second kappa shape index (κ2) is 10.2. The summed E-state index contributed by atoms with van der Waals surface area (Å²) in [5, 5.41) is 10.7. The Kier molecular flexibility index (Phi) is 7.97. The van der Waals surface area contributed by atoms with E-state index < -0.39 is 0 Å². The molecule has 0 bridgehead atoms. The van der Waals surface area contributed by atoms with Gasteiger partial charge in [0.15, 0.2) is 5.96 Å². The first-order chi connectivity index (χ1) is 12.2. The lowest BCUT2D eigenvalue weighted by Gasteiger charge is -2.20. The first kappa shape index (κ1) is 19.5. The maximum absolute atomic E-state index is 11.6. The van der Waals surface area contributed by atoms with E-state index in [1.165, 1.54) is 4.88 Å². The van der Waals surface area contributed by atoms with E-state index in [2.05, 4.69) is 32.9 Å². The van der Waals surface area contributed by atoms with Crippen LogP contribution in [0.5, 0.6) is 0 Å². The number of nitrogens with one attached hydrogen (secondary N) is 3. The van der Waals surface area contributed by atoms with E-state index in [9.17, 15) is 4.79 Å². The van der Waals surface area contributed by atoms with E-state index in [4.69, 9.17) is 4.74 Å². The zero-order valence-corrected chi connectivity index (χ0v) is 16.1. The van der Waals surface area contributed by atoms with E-state index >= 15 is 0 Å². The predicted octanol–water partition coefficient (Wildman–Crippen LogP) is 1.94. The summed E-state index contributed by atoms with van der Waals surface area (Å²) in [7, 11) is 1.75. The fourth-order valence-electron chi connectivity index (χ4n) is 2.50. The van der Waals surface area contributed by atoms with Crippen LogP contribution in [-0.4, -0.2) is 49.8 Å². The normalized spacial score (nSPS) is 15.6. The molecule has 0 saturated heterocycles. The number of aryl methyl sites for hydroxylation is 1. The van der Waals surface area contributed by atoms with Crippen LogP contribution in [0.3, 0.4) is 0 Å². The standard InChI is InChI=1S/C17H29N5O2S/c1-4-13-10-20-15(25-13)8-9-19-16(18-3)21-11-14(12-6-7-12)22-17(23)24-5-2/h10,12,14H,4-9,11H2,1-3H3,(H,22,23)(H2,18,19,21). The van der Waals surface area contributed by atoms with Gasteiger partial charge in [-0.15, -0.1) is 11.3 Å². The molecule has 3 N–H and O–H groups in total. The van der Waals surface area contributed by atoms with Crippen molar-refractivity contribution in [3.05, 3.63) is 16.1 Å². The summed E-state index contributed by atoms with van der Waals surface area (Å²) in [5.41, 5.74) is 0. The highest BCUT2D eigenvalue weighted by Gasteiger charge is 2.32. The maximum Gasteiger partial charge on any atom is 0.407 e. The molecule has 1 aromatic rings. The molecule has 7 nitrogen and oxygen atoms in total. The Bertz CT molecular complexity index is 571. The number of aliphatic imine (C=N–C) groups is 1. The third-order valence-corrected chi connectivity index (χ3v) is 5.27. The Morgan fingerprint density at radius 3 is 2.84 bits per heavy atom. The second-order valence-corrected chi connectivity index (χ2v) is 7.21. The molecule has 8 heteroatoms. The summed E-state index contributed by atoms with van der Waals surface area (Å²) in [6.07, 6.45) is 5.81. The summed E-state index contributed by atoms with van der Waals surface area (Å²) in [4.78, 5) is 21.6. The van der Waals surface area contributed by atoms with Crippen molar-refractivity contribution in [1.82, 2.24) is 20.9 Å². The van der Waals surface area contributed by atoms with Crippen molar-refractivity contribution in [1.29, 1.82) is 0 Å².